The highest BCUT2D eigenvalue weighted by Gasteiger charge is 2.41. The van der Waals surface area contributed by atoms with E-state index in [1.54, 1.807) is 12.3 Å². The fourth-order valence-electron chi connectivity index (χ4n) is 3.83. The maximum atomic E-state index is 6.33. The van der Waals surface area contributed by atoms with E-state index in [1.165, 1.54) is 0 Å². The lowest BCUT2D eigenvalue weighted by Gasteiger charge is -2.26. The van der Waals surface area contributed by atoms with E-state index in [9.17, 15) is 0 Å². The Hall–Kier alpha value is -2.12. The maximum Gasteiger partial charge on any atom is 0.170 e. The number of aromatic nitrogens is 1. The second-order valence-electron chi connectivity index (χ2n) is 7.81. The first-order chi connectivity index (χ1) is 14.9. The first kappa shape index (κ1) is 22.1. The lowest BCUT2D eigenvalue weighted by molar-refractivity contribution is 0.261. The highest BCUT2D eigenvalue weighted by Crippen LogP contribution is 2.40. The molecule has 2 aromatic heterocycles. The molecule has 0 amide bonds. The minimum absolute atomic E-state index is 0.0962. The summed E-state index contributed by atoms with van der Waals surface area (Å²) in [5.41, 5.74) is 1.81. The average Bonchev–Trinajstić information content (AvgIpc) is 3.35. The third-order valence-electron chi connectivity index (χ3n) is 5.32. The number of nitrogens with zero attached hydrogens (tertiary/aromatic N) is 3. The first-order valence-electron chi connectivity index (χ1n) is 10.1. The van der Waals surface area contributed by atoms with Crippen LogP contribution in [0.4, 0.5) is 0 Å². The summed E-state index contributed by atoms with van der Waals surface area (Å²) >= 11 is 18.0. The van der Waals surface area contributed by atoms with Gasteiger partial charge in [-0.25, -0.2) is 0 Å². The van der Waals surface area contributed by atoms with Gasteiger partial charge in [0.15, 0.2) is 5.11 Å². The van der Waals surface area contributed by atoms with E-state index in [1.807, 2.05) is 42.5 Å². The van der Waals surface area contributed by atoms with Crippen LogP contribution in [0.2, 0.25) is 10.0 Å². The largest absolute Gasteiger partial charge is 0.459 e. The second-order valence-corrected chi connectivity index (χ2v) is 9.01. The van der Waals surface area contributed by atoms with Crippen LogP contribution in [0, 0.1) is 0 Å². The van der Waals surface area contributed by atoms with Crippen molar-refractivity contribution in [3.05, 3.63) is 76.2 Å². The summed E-state index contributed by atoms with van der Waals surface area (Å²) in [6.07, 6.45) is 2.79. The Morgan fingerprint density at radius 3 is 2.68 bits per heavy atom. The van der Waals surface area contributed by atoms with Crippen molar-refractivity contribution < 1.29 is 4.42 Å². The minimum Gasteiger partial charge on any atom is -0.459 e. The normalized spacial score (nSPS) is 18.6. The zero-order valence-electron chi connectivity index (χ0n) is 17.4. The molecule has 2 atom stereocenters. The Bertz CT molecular complexity index is 1060. The number of halogens is 2. The number of pyridine rings is 1. The molecule has 0 aliphatic carbocycles. The van der Waals surface area contributed by atoms with Gasteiger partial charge < -0.3 is 19.5 Å². The van der Waals surface area contributed by atoms with Crippen molar-refractivity contribution in [2.24, 2.45) is 0 Å². The van der Waals surface area contributed by atoms with Crippen LogP contribution in [0.1, 0.15) is 30.0 Å². The molecular formula is C23H24Cl2N4OS. The Morgan fingerprint density at radius 2 is 1.97 bits per heavy atom. The van der Waals surface area contributed by atoms with Crippen LogP contribution in [-0.4, -0.2) is 47.1 Å². The van der Waals surface area contributed by atoms with Crippen molar-refractivity contribution in [2.45, 2.75) is 18.5 Å². The molecule has 0 unspecified atom stereocenters. The first-order valence-corrected chi connectivity index (χ1v) is 11.3. The standard InChI is InChI=1S/C23H24Cl2N4OS/c1-28(2)12-5-13-29-22(21(27-23(29)31)18-6-3-4-11-26-18)20-10-9-19(30-20)15-7-8-16(24)17(25)14-15/h3-4,6-11,14,21-22H,5,12-13H2,1-2H3,(H,27,31)/t21-,22+/m1/s1. The molecule has 1 saturated heterocycles. The summed E-state index contributed by atoms with van der Waals surface area (Å²) in [5, 5.41) is 5.19. The van der Waals surface area contributed by atoms with E-state index >= 15 is 0 Å². The molecule has 8 heteroatoms. The van der Waals surface area contributed by atoms with Gasteiger partial charge in [0.1, 0.15) is 17.6 Å². The van der Waals surface area contributed by atoms with Gasteiger partial charge in [0.05, 0.1) is 21.8 Å². The Balaban J connectivity index is 1.67. The number of nitrogens with one attached hydrogen (secondary N) is 1. The molecule has 0 bridgehead atoms. The quantitative estimate of drug-likeness (QED) is 0.451. The van der Waals surface area contributed by atoms with Gasteiger partial charge in [0.25, 0.3) is 0 Å². The predicted molar refractivity (Wildman–Crippen MR) is 129 cm³/mol. The monoisotopic (exact) mass is 474 g/mol. The van der Waals surface area contributed by atoms with Gasteiger partial charge in [-0.1, -0.05) is 29.3 Å². The summed E-state index contributed by atoms with van der Waals surface area (Å²) in [6, 6.07) is 15.2. The summed E-state index contributed by atoms with van der Waals surface area (Å²) < 4.78 is 6.33. The molecular weight excluding hydrogens is 451 g/mol. The molecule has 0 radical (unpaired) electrons. The van der Waals surface area contributed by atoms with Crippen LogP contribution < -0.4 is 5.32 Å². The molecule has 3 heterocycles. The van der Waals surface area contributed by atoms with Crippen LogP contribution in [0.5, 0.6) is 0 Å². The number of rotatable bonds is 7. The van der Waals surface area contributed by atoms with Crippen LogP contribution in [0.15, 0.2) is 59.1 Å². The fourth-order valence-corrected chi connectivity index (χ4v) is 4.46. The highest BCUT2D eigenvalue weighted by atomic mass is 35.5. The van der Waals surface area contributed by atoms with Crippen molar-refractivity contribution in [3.63, 3.8) is 0 Å². The van der Waals surface area contributed by atoms with E-state index in [2.05, 4.69) is 34.2 Å². The molecule has 4 rings (SSSR count). The van der Waals surface area contributed by atoms with Gasteiger partial charge in [-0.3, -0.25) is 4.98 Å². The zero-order valence-corrected chi connectivity index (χ0v) is 19.7. The Kier molecular flexibility index (Phi) is 6.82. The van der Waals surface area contributed by atoms with E-state index in [0.29, 0.717) is 15.2 Å². The Morgan fingerprint density at radius 1 is 1.13 bits per heavy atom. The maximum absolute atomic E-state index is 6.33. The second kappa shape index (κ2) is 9.57. The average molecular weight is 475 g/mol. The third kappa shape index (κ3) is 4.88. The summed E-state index contributed by atoms with van der Waals surface area (Å²) in [7, 11) is 4.15. The van der Waals surface area contributed by atoms with Gasteiger partial charge in [-0.2, -0.15) is 0 Å². The van der Waals surface area contributed by atoms with Gasteiger partial charge in [0.2, 0.25) is 0 Å². The Labute approximate surface area is 198 Å². The van der Waals surface area contributed by atoms with E-state index in [4.69, 9.17) is 39.8 Å². The topological polar surface area (TPSA) is 44.5 Å². The van der Waals surface area contributed by atoms with Crippen molar-refractivity contribution in [3.8, 4) is 11.3 Å². The zero-order chi connectivity index (χ0) is 22.0. The summed E-state index contributed by atoms with van der Waals surface area (Å²) in [5.74, 6) is 1.56. The molecule has 1 N–H and O–H groups in total. The predicted octanol–water partition coefficient (Wildman–Crippen LogP) is 5.57. The van der Waals surface area contributed by atoms with Crippen LogP contribution in [0.25, 0.3) is 11.3 Å². The van der Waals surface area contributed by atoms with E-state index < -0.39 is 0 Å². The van der Waals surface area contributed by atoms with Crippen molar-refractivity contribution >= 4 is 40.5 Å². The van der Waals surface area contributed by atoms with E-state index in [-0.39, 0.29) is 12.1 Å². The van der Waals surface area contributed by atoms with Crippen molar-refractivity contribution in [1.29, 1.82) is 0 Å². The summed E-state index contributed by atoms with van der Waals surface area (Å²) in [6.45, 7) is 1.80. The lowest BCUT2D eigenvalue weighted by atomic mass is 10.0. The van der Waals surface area contributed by atoms with Gasteiger partial charge in [-0.05, 0) is 81.7 Å². The van der Waals surface area contributed by atoms with Crippen molar-refractivity contribution in [2.75, 3.05) is 27.2 Å². The minimum atomic E-state index is -0.0964. The van der Waals surface area contributed by atoms with E-state index in [0.717, 1.165) is 42.3 Å². The molecule has 1 fully saturated rings. The number of furan rings is 1. The molecule has 31 heavy (non-hydrogen) atoms. The highest BCUT2D eigenvalue weighted by molar-refractivity contribution is 7.80. The molecule has 3 aromatic rings. The third-order valence-corrected chi connectivity index (χ3v) is 6.42. The molecule has 0 spiro atoms. The van der Waals surface area contributed by atoms with Gasteiger partial charge >= 0.3 is 0 Å². The number of benzene rings is 1. The molecule has 0 saturated carbocycles. The fraction of sp³-hybridized carbons (Fsp3) is 0.304. The van der Waals surface area contributed by atoms with Gasteiger partial charge in [0, 0.05) is 18.3 Å². The van der Waals surface area contributed by atoms with Crippen molar-refractivity contribution in [1.82, 2.24) is 20.1 Å². The number of hydrogen-bond acceptors (Lipinski definition) is 4. The van der Waals surface area contributed by atoms with Crippen LogP contribution >= 0.6 is 35.4 Å². The number of thiocarbonyl (C=S) groups is 1. The SMILES string of the molecule is CN(C)CCCN1C(=S)N[C@H](c2ccccn2)[C@@H]1c1ccc(-c2ccc(Cl)c(Cl)c2)o1. The van der Waals surface area contributed by atoms with Crippen LogP contribution in [-0.2, 0) is 0 Å². The molecule has 1 aromatic carbocycles. The summed E-state index contributed by atoms with van der Waals surface area (Å²) in [4.78, 5) is 8.95. The molecule has 5 nitrogen and oxygen atoms in total. The van der Waals surface area contributed by atoms with Crippen LogP contribution in [0.3, 0.4) is 0 Å². The molecule has 1 aliphatic heterocycles. The van der Waals surface area contributed by atoms with Gasteiger partial charge in [-0.15, -0.1) is 0 Å². The molecule has 1 aliphatic rings. The lowest BCUT2D eigenvalue weighted by Crippen LogP contribution is -2.32. The number of hydrogen-bond donors (Lipinski definition) is 1. The smallest absolute Gasteiger partial charge is 0.170 e. The molecule has 162 valence electrons.